The molecule has 53 heavy (non-hydrogen) atoms. The van der Waals surface area contributed by atoms with E-state index in [2.05, 4.69) is 111 Å². The van der Waals surface area contributed by atoms with E-state index in [-0.39, 0.29) is 31.1 Å². The molecule has 8 aromatic rings. The molecule has 0 atom stereocenters. The molecule has 0 unspecified atom stereocenters. The molecule has 0 N–H and O–H groups in total. The zero-order valence-electron chi connectivity index (χ0n) is 34.9. The van der Waals surface area contributed by atoms with Crippen LogP contribution in [0.3, 0.4) is 0 Å². The monoisotopic (exact) mass is 891 g/mol. The van der Waals surface area contributed by atoms with Crippen LogP contribution in [-0.4, -0.2) is 18.0 Å². The number of nitrogens with zero attached hydrogens (tertiary/aromatic N) is 2. The van der Waals surface area contributed by atoms with Gasteiger partial charge in [0.1, 0.15) is 5.58 Å². The molecule has 5 aromatic carbocycles. The summed E-state index contributed by atoms with van der Waals surface area (Å²) in [7, 11) is -1.34. The number of pyridine rings is 2. The van der Waals surface area contributed by atoms with E-state index in [4.69, 9.17) is 8.53 Å². The summed E-state index contributed by atoms with van der Waals surface area (Å²) >= 11 is 0. The van der Waals surface area contributed by atoms with E-state index in [1.165, 1.54) is 22.5 Å². The van der Waals surface area contributed by atoms with Gasteiger partial charge in [0.15, 0.2) is 0 Å². The fourth-order valence-electron chi connectivity index (χ4n) is 7.36. The van der Waals surface area contributed by atoms with E-state index >= 15 is 0 Å². The van der Waals surface area contributed by atoms with Crippen molar-refractivity contribution in [2.75, 3.05) is 0 Å². The van der Waals surface area contributed by atoms with Crippen LogP contribution in [-0.2, 0) is 25.5 Å². The third-order valence-electron chi connectivity index (χ3n) is 10.7. The van der Waals surface area contributed by atoms with Crippen molar-refractivity contribution in [3.63, 3.8) is 0 Å². The number of hydrogen-bond donors (Lipinski definition) is 0. The largest absolute Gasteiger partial charge is 0.501 e. The second-order valence-electron chi connectivity index (χ2n) is 15.9. The molecule has 3 nitrogen and oxygen atoms in total. The molecule has 1 aliphatic rings. The zero-order chi connectivity index (χ0) is 39.5. The predicted molar refractivity (Wildman–Crippen MR) is 222 cm³/mol. The molecule has 0 aliphatic carbocycles. The van der Waals surface area contributed by atoms with Gasteiger partial charge in [0.2, 0.25) is 0 Å². The Hall–Kier alpha value is -4.41. The van der Waals surface area contributed by atoms with Crippen molar-refractivity contribution in [3.05, 3.63) is 144 Å². The summed E-state index contributed by atoms with van der Waals surface area (Å²) in [6, 6.07) is 43.3. The first-order valence-corrected chi connectivity index (χ1v) is 21.6. The Kier molecular flexibility index (Phi) is 8.94. The first-order chi connectivity index (χ1) is 26.6. The van der Waals surface area contributed by atoms with Crippen LogP contribution in [0.2, 0.25) is 25.2 Å². The van der Waals surface area contributed by atoms with E-state index in [9.17, 15) is 1.37 Å². The van der Waals surface area contributed by atoms with Crippen molar-refractivity contribution in [2.24, 2.45) is 0 Å². The maximum absolute atomic E-state index is 9.43. The van der Waals surface area contributed by atoms with Crippen LogP contribution in [0.25, 0.3) is 66.0 Å². The minimum absolute atomic E-state index is 0. The molecule has 1 saturated heterocycles. The number of fused-ring (bicyclic) bond motifs is 6. The number of furan rings is 1. The Morgan fingerprint density at radius 3 is 2.26 bits per heavy atom. The Morgan fingerprint density at radius 1 is 0.755 bits per heavy atom. The summed E-state index contributed by atoms with van der Waals surface area (Å²) in [6.45, 7) is 8.96. The van der Waals surface area contributed by atoms with Crippen LogP contribution in [0.15, 0.2) is 120 Å². The topological polar surface area (TPSA) is 38.9 Å². The summed E-state index contributed by atoms with van der Waals surface area (Å²) in [5.41, 5.74) is 6.94. The Labute approximate surface area is 333 Å². The molecular formula is C48H46IrN2OSi-2. The molecule has 0 spiro atoms. The third-order valence-corrected chi connectivity index (χ3v) is 13.9. The Balaban J connectivity index is 0.000000246. The summed E-state index contributed by atoms with van der Waals surface area (Å²) in [4.78, 5) is 9.11. The van der Waals surface area contributed by atoms with Gasteiger partial charge in [0.25, 0.3) is 0 Å². The fraction of sp³-hybridized carbons (Fsp3) is 0.250. The van der Waals surface area contributed by atoms with E-state index in [0.29, 0.717) is 35.2 Å². The van der Waals surface area contributed by atoms with Gasteiger partial charge in [-0.15, -0.1) is 54.1 Å². The molecule has 9 rings (SSSR count). The number of rotatable bonds is 3. The zero-order valence-corrected chi connectivity index (χ0v) is 34.3. The number of aryl methyl sites for hydroxylation is 1. The van der Waals surface area contributed by atoms with Crippen molar-refractivity contribution in [2.45, 2.75) is 77.0 Å². The molecule has 3 aromatic heterocycles. The van der Waals surface area contributed by atoms with Crippen LogP contribution in [0.5, 0.6) is 0 Å². The molecule has 4 heterocycles. The van der Waals surface area contributed by atoms with Crippen LogP contribution in [0.4, 0.5) is 0 Å². The first kappa shape index (κ1) is 32.1. The fourth-order valence-corrected chi connectivity index (χ4v) is 9.57. The van der Waals surface area contributed by atoms with Crippen LogP contribution < -0.4 is 0 Å². The van der Waals surface area contributed by atoms with Crippen molar-refractivity contribution >= 4 is 51.6 Å². The molecule has 0 amide bonds. The second kappa shape index (κ2) is 14.8. The maximum Gasteiger partial charge on any atom is 0.121 e. The van der Waals surface area contributed by atoms with Gasteiger partial charge >= 0.3 is 0 Å². The summed E-state index contributed by atoms with van der Waals surface area (Å²) in [6.07, 6.45) is 4.77. The van der Waals surface area contributed by atoms with Gasteiger partial charge in [-0.3, -0.25) is 0 Å². The van der Waals surface area contributed by atoms with E-state index < -0.39 is 20.8 Å². The molecule has 1 fully saturated rings. The number of hydrogen-bond acceptors (Lipinski definition) is 3. The molecule has 0 bridgehead atoms. The number of benzene rings is 5. The average Bonchev–Trinajstić information content (AvgIpc) is 3.56. The molecule has 269 valence electrons. The van der Waals surface area contributed by atoms with Crippen LogP contribution in [0, 0.1) is 19.0 Å². The van der Waals surface area contributed by atoms with E-state index in [1.54, 1.807) is 0 Å². The number of aromatic nitrogens is 2. The standard InChI is InChI=1S/C33H30NOSi.C15H16N.Ir/c1-21-20-34-31(18-28(21)23-13-15-36(2,3)16-14-23)27-10-6-9-26-30-17-24-12-11-22-7-4-5-8-25(22)29(24)19-32(30)35-33(26)27;1-15(2,3)13-9-10-14(16-11-13)12-7-5-4-6-8-12;/h4-9,11-12,17-20,23H,13-16H2,1-3H3;4-7,9-11H,1-3H3;/q2*-1;/i1D3,23D;;. The van der Waals surface area contributed by atoms with Gasteiger partial charge in [0, 0.05) is 51.4 Å². The van der Waals surface area contributed by atoms with E-state index in [1.807, 2.05) is 54.7 Å². The summed E-state index contributed by atoms with van der Waals surface area (Å²) in [5.74, 6) is -0.940. The van der Waals surface area contributed by atoms with Gasteiger partial charge in [-0.25, -0.2) is 0 Å². The van der Waals surface area contributed by atoms with Gasteiger partial charge in [-0.1, -0.05) is 112 Å². The minimum atomic E-state index is -2.34. The Morgan fingerprint density at radius 2 is 1.53 bits per heavy atom. The van der Waals surface area contributed by atoms with Crippen LogP contribution >= 0.6 is 0 Å². The van der Waals surface area contributed by atoms with Gasteiger partial charge in [0.05, 0.1) is 5.58 Å². The van der Waals surface area contributed by atoms with Crippen molar-refractivity contribution in [1.29, 1.82) is 0 Å². The first-order valence-electron chi connectivity index (χ1n) is 20.2. The molecule has 1 radical (unpaired) electrons. The van der Waals surface area contributed by atoms with Crippen molar-refractivity contribution < 1.29 is 30.0 Å². The maximum atomic E-state index is 9.43. The van der Waals surface area contributed by atoms with Crippen molar-refractivity contribution in [1.82, 2.24) is 9.97 Å². The van der Waals surface area contributed by atoms with Gasteiger partial charge < -0.3 is 14.4 Å². The van der Waals surface area contributed by atoms with Crippen LogP contribution in [0.1, 0.15) is 61.7 Å². The SMILES string of the molecule is CC(C)(C)c1ccc(-c2[c-]cccc2)nc1.[2H]C([2H])([2H])c1cnc(-c2[c-]ccc3c2oc2cc4c(ccc5ccccc54)cc23)cc1C1([2H])CC[Si](C)(C)CC1.[Ir]. The smallest absolute Gasteiger partial charge is 0.121 e. The summed E-state index contributed by atoms with van der Waals surface area (Å²) < 4.78 is 40.5. The summed E-state index contributed by atoms with van der Waals surface area (Å²) in [5, 5.41) is 6.63. The Bertz CT molecular complexity index is 2710. The minimum Gasteiger partial charge on any atom is -0.501 e. The van der Waals surface area contributed by atoms with Crippen molar-refractivity contribution in [3.8, 4) is 22.5 Å². The molecule has 5 heteroatoms. The molecule has 0 saturated carbocycles. The van der Waals surface area contributed by atoms with Gasteiger partial charge in [-0.05, 0) is 92.8 Å². The molecule has 1 aliphatic heterocycles. The normalized spacial score (nSPS) is 16.5. The third kappa shape index (κ3) is 7.53. The van der Waals surface area contributed by atoms with Gasteiger partial charge in [-0.2, -0.15) is 0 Å². The predicted octanol–water partition coefficient (Wildman–Crippen LogP) is 13.5. The quantitative estimate of drug-likeness (QED) is 0.101. The average molecular weight is 891 g/mol. The van der Waals surface area contributed by atoms with E-state index in [0.717, 1.165) is 50.5 Å². The molecular weight excluding hydrogens is 841 g/mol. The second-order valence-corrected chi connectivity index (χ2v) is 21.2.